The quantitative estimate of drug-likeness (QED) is 0.0509. The molecule has 0 aliphatic heterocycles. The van der Waals surface area contributed by atoms with E-state index in [2.05, 4.69) is 16.4 Å². The predicted molar refractivity (Wildman–Crippen MR) is 203 cm³/mol. The van der Waals surface area contributed by atoms with Crippen LogP contribution in [0.4, 0.5) is 0 Å². The number of halogens is 2. The van der Waals surface area contributed by atoms with E-state index in [0.717, 1.165) is 33.9 Å². The van der Waals surface area contributed by atoms with Gasteiger partial charge in [0.25, 0.3) is 0 Å². The van der Waals surface area contributed by atoms with E-state index in [4.69, 9.17) is 37.4 Å². The monoisotopic (exact) mass is 812 g/mol. The van der Waals surface area contributed by atoms with E-state index < -0.39 is 9.74 Å². The van der Waals surface area contributed by atoms with Crippen molar-refractivity contribution in [2.45, 2.75) is 61.9 Å². The van der Waals surface area contributed by atoms with E-state index in [9.17, 15) is 25.7 Å². The van der Waals surface area contributed by atoms with Crippen molar-refractivity contribution in [1.82, 2.24) is 10.3 Å². The van der Waals surface area contributed by atoms with Gasteiger partial charge in [0.1, 0.15) is 24.2 Å². The average molecular weight is 814 g/mol. The Morgan fingerprint density at radius 3 is 2.25 bits per heavy atom. The summed E-state index contributed by atoms with van der Waals surface area (Å²) in [5, 5.41) is 52.9. The first-order valence-corrected chi connectivity index (χ1v) is 19.8. The van der Waals surface area contributed by atoms with Crippen LogP contribution in [0.5, 0.6) is 17.2 Å². The third-order valence-electron chi connectivity index (χ3n) is 8.65. The zero-order valence-electron chi connectivity index (χ0n) is 29.5. The van der Waals surface area contributed by atoms with Crippen molar-refractivity contribution >= 4 is 39.0 Å². The number of aliphatic hydroxyl groups is 4. The van der Waals surface area contributed by atoms with E-state index in [1.54, 1.807) is 31.3 Å². The molecule has 277 valence electrons. The first-order chi connectivity index (χ1) is 25.0. The molecule has 0 aliphatic rings. The molecule has 1 radical (unpaired) electrons. The molecule has 1 aromatic heterocycles. The predicted octanol–water partition coefficient (Wildman–Crippen LogP) is 6.28. The van der Waals surface area contributed by atoms with Crippen molar-refractivity contribution in [3.63, 3.8) is 0 Å². The fourth-order valence-electron chi connectivity index (χ4n) is 5.08. The van der Waals surface area contributed by atoms with Crippen LogP contribution in [0.3, 0.4) is 0 Å². The molecule has 1 heterocycles. The maximum atomic E-state index is 9.78. The molecule has 0 fully saturated rings. The second-order valence-electron chi connectivity index (χ2n) is 13.0. The molecule has 0 amide bonds. The van der Waals surface area contributed by atoms with Crippen LogP contribution in [0.15, 0.2) is 67.0 Å². The number of benzene rings is 3. The molecule has 0 saturated carbocycles. The second-order valence-corrected chi connectivity index (χ2v) is 17.6. The van der Waals surface area contributed by atoms with Crippen molar-refractivity contribution in [2.75, 3.05) is 33.0 Å². The summed E-state index contributed by atoms with van der Waals surface area (Å²) < 4.78 is 18.1. The number of rotatable bonds is 20. The Bertz CT molecular complexity index is 1830. The third-order valence-corrected chi connectivity index (χ3v) is 12.7. The van der Waals surface area contributed by atoms with Gasteiger partial charge in [-0.2, -0.15) is 5.26 Å². The fraction of sp³-hybridized carbons (Fsp3) is 0.385. The van der Waals surface area contributed by atoms with Crippen LogP contribution in [-0.4, -0.2) is 79.7 Å². The van der Waals surface area contributed by atoms with Gasteiger partial charge in [0.05, 0.1) is 29.3 Å². The summed E-state index contributed by atoms with van der Waals surface area (Å²) in [6.07, 6.45) is 3.90. The molecule has 3 aromatic carbocycles. The zero-order chi connectivity index (χ0) is 37.7. The number of ether oxygens (including phenoxy) is 3. The maximum absolute atomic E-state index is 9.78. The van der Waals surface area contributed by atoms with Crippen molar-refractivity contribution < 1.29 is 34.6 Å². The first kappa shape index (κ1) is 41.4. The Balaban J connectivity index is 1.51. The Kier molecular flexibility index (Phi) is 15.6. The van der Waals surface area contributed by atoms with Crippen LogP contribution in [0.1, 0.15) is 48.1 Å². The van der Waals surface area contributed by atoms with E-state index in [1.165, 1.54) is 6.20 Å². The van der Waals surface area contributed by atoms with Crippen molar-refractivity contribution in [1.29, 1.82) is 5.26 Å². The minimum absolute atomic E-state index is 0.0233. The second kappa shape index (κ2) is 19.6. The molecule has 13 heteroatoms. The number of pyridine rings is 1. The molecular weight excluding hydrogens is 768 g/mol. The summed E-state index contributed by atoms with van der Waals surface area (Å²) >= 11 is 13.4. The van der Waals surface area contributed by atoms with E-state index in [1.807, 2.05) is 50.2 Å². The molecule has 0 saturated heterocycles. The zero-order valence-corrected chi connectivity index (χ0v) is 32.9. The Morgan fingerprint density at radius 1 is 0.827 bits per heavy atom. The van der Waals surface area contributed by atoms with Gasteiger partial charge in [0.15, 0.2) is 0 Å². The van der Waals surface area contributed by atoms with Crippen molar-refractivity contribution in [3.05, 3.63) is 105 Å². The van der Waals surface area contributed by atoms with E-state index in [0.29, 0.717) is 50.6 Å². The molecular formula is C39H45AsCl2N3O7. The summed E-state index contributed by atoms with van der Waals surface area (Å²) in [4.78, 5) is 4.11. The van der Waals surface area contributed by atoms with E-state index >= 15 is 0 Å². The Hall–Kier alpha value is -3.36. The van der Waals surface area contributed by atoms with Gasteiger partial charge in [-0.3, -0.25) is 4.98 Å². The summed E-state index contributed by atoms with van der Waals surface area (Å²) in [6, 6.07) is 18.9. The molecule has 0 bridgehead atoms. The van der Waals surface area contributed by atoms with Gasteiger partial charge >= 0.3 is 173 Å². The number of nitrogens with zero attached hydrogens (tertiary/aromatic N) is 2. The van der Waals surface area contributed by atoms with Crippen LogP contribution >= 0.6 is 23.2 Å². The summed E-state index contributed by atoms with van der Waals surface area (Å²) in [5.41, 5.74) is 4.54. The number of hydrogen-bond donors (Lipinski definition) is 5. The van der Waals surface area contributed by atoms with Gasteiger partial charge in [-0.05, 0) is 19.1 Å². The summed E-state index contributed by atoms with van der Waals surface area (Å²) in [7, 11) is 0. The van der Waals surface area contributed by atoms with Crippen LogP contribution < -0.4 is 19.5 Å². The standard InChI is InChI=1S/C39H45AsCl2N3O7/c1-26-29(7-4-8-31(26)32-9-5-10-34(37(32)42)50-12-6-11-40-38(2,22-46)23-47)21-52-36-15-35(51-20-28-13-27(16-43)17-44-18-28)30(14-33(36)41)19-45-39(3,24-48)25-49/h4-5,7-10,13-15,17-18,45-49H,6,11-12,19-25H2,1-3H3. The number of nitriles is 1. The molecule has 0 atom stereocenters. The molecule has 0 aliphatic carbocycles. The number of aromatic nitrogens is 1. The average Bonchev–Trinajstić information content (AvgIpc) is 3.17. The molecule has 52 heavy (non-hydrogen) atoms. The minimum atomic E-state index is -0.925. The Morgan fingerprint density at radius 2 is 1.54 bits per heavy atom. The molecule has 0 spiro atoms. The van der Waals surface area contributed by atoms with Crippen molar-refractivity contribution in [2.24, 2.45) is 0 Å². The first-order valence-electron chi connectivity index (χ1n) is 16.8. The molecule has 0 unspecified atom stereocenters. The van der Waals surface area contributed by atoms with Gasteiger partial charge in [-0.15, -0.1) is 0 Å². The summed E-state index contributed by atoms with van der Waals surface area (Å²) in [5.74, 6) is 1.46. The normalized spacial score (nSPS) is 11.9. The van der Waals surface area contributed by atoms with Crippen molar-refractivity contribution in [3.8, 4) is 34.4 Å². The fourth-order valence-corrected chi connectivity index (χ4v) is 7.76. The van der Waals surface area contributed by atoms with Gasteiger partial charge < -0.3 is 20.3 Å². The number of hydrogen-bond acceptors (Lipinski definition) is 10. The SMILES string of the molecule is Cc1c(COc2cc(OCc3cncc(C#N)c3)c(CNC(C)(CO)CO)cc2Cl)cccc1-c1cccc(OCCC[As]C(C)(CO)CO)c1Cl. The molecule has 4 aromatic rings. The van der Waals surface area contributed by atoms with Gasteiger partial charge in [-0.25, -0.2) is 0 Å². The summed E-state index contributed by atoms with van der Waals surface area (Å²) in [6.45, 7) is 6.06. The molecule has 4 rings (SSSR count). The number of nitrogens with one attached hydrogen (secondary N) is 1. The topological polar surface area (TPSA) is 157 Å². The van der Waals surface area contributed by atoms with Crippen LogP contribution in [-0.2, 0) is 19.8 Å². The van der Waals surface area contributed by atoms with Gasteiger partial charge in [0, 0.05) is 36.1 Å². The number of aliphatic hydroxyl groups excluding tert-OH is 4. The van der Waals surface area contributed by atoms with Gasteiger partial charge in [-0.1, -0.05) is 11.6 Å². The van der Waals surface area contributed by atoms with Gasteiger partial charge in [0.2, 0.25) is 0 Å². The molecule has 10 nitrogen and oxygen atoms in total. The molecule has 5 N–H and O–H groups in total. The van der Waals surface area contributed by atoms with Crippen LogP contribution in [0, 0.1) is 18.3 Å². The van der Waals surface area contributed by atoms with Crippen LogP contribution in [0.25, 0.3) is 11.1 Å². The van der Waals surface area contributed by atoms with Crippen LogP contribution in [0.2, 0.25) is 19.5 Å². The Labute approximate surface area is 322 Å². The third kappa shape index (κ3) is 11.1. The van der Waals surface area contributed by atoms with E-state index in [-0.39, 0.29) is 61.9 Å².